The van der Waals surface area contributed by atoms with Gasteiger partial charge in [0.25, 0.3) is 5.91 Å². The largest absolute Gasteiger partial charge is 0.488 e. The van der Waals surface area contributed by atoms with Gasteiger partial charge in [-0.25, -0.2) is 0 Å². The lowest BCUT2D eigenvalue weighted by molar-refractivity contribution is 0.0918. The number of rotatable bonds is 5. The molecule has 2 aromatic carbocycles. The predicted molar refractivity (Wildman–Crippen MR) is 113 cm³/mol. The molecule has 1 aliphatic carbocycles. The van der Waals surface area contributed by atoms with E-state index >= 15 is 0 Å². The van der Waals surface area contributed by atoms with E-state index in [2.05, 4.69) is 17.4 Å². The van der Waals surface area contributed by atoms with Gasteiger partial charge >= 0.3 is 0 Å². The fourth-order valence-electron chi connectivity index (χ4n) is 4.04. The Morgan fingerprint density at radius 2 is 1.83 bits per heavy atom. The van der Waals surface area contributed by atoms with Crippen LogP contribution in [0.15, 0.2) is 40.9 Å². The average Bonchev–Trinajstić information content (AvgIpc) is 3.05. The summed E-state index contributed by atoms with van der Waals surface area (Å²) < 4.78 is 11.3. The van der Waals surface area contributed by atoms with E-state index < -0.39 is 0 Å². The summed E-state index contributed by atoms with van der Waals surface area (Å²) in [6.45, 7) is 6.37. The monoisotopic (exact) mass is 392 g/mol. The molecule has 0 atom stereocenters. The van der Waals surface area contributed by atoms with Crippen molar-refractivity contribution in [2.75, 3.05) is 0 Å². The van der Waals surface area contributed by atoms with Gasteiger partial charge < -0.3 is 14.6 Å². The van der Waals surface area contributed by atoms with Crippen LogP contribution in [0, 0.1) is 19.8 Å². The van der Waals surface area contributed by atoms with Crippen LogP contribution in [0.1, 0.15) is 60.0 Å². The Bertz CT molecular complexity index is 997. The van der Waals surface area contributed by atoms with Crippen LogP contribution >= 0.6 is 0 Å². The molecule has 3 aromatic rings. The first kappa shape index (κ1) is 19.5. The highest BCUT2D eigenvalue weighted by molar-refractivity contribution is 6.01. The van der Waals surface area contributed by atoms with E-state index in [1.165, 1.54) is 0 Å². The van der Waals surface area contributed by atoms with Crippen LogP contribution in [0.25, 0.3) is 10.8 Å². The van der Waals surface area contributed by atoms with Crippen molar-refractivity contribution in [1.82, 2.24) is 10.5 Å². The molecule has 0 saturated heterocycles. The van der Waals surface area contributed by atoms with Crippen molar-refractivity contribution in [3.63, 3.8) is 0 Å². The highest BCUT2D eigenvalue weighted by atomic mass is 16.5. The zero-order valence-corrected chi connectivity index (χ0v) is 17.3. The summed E-state index contributed by atoms with van der Waals surface area (Å²) in [6, 6.07) is 12.1. The zero-order chi connectivity index (χ0) is 20.4. The highest BCUT2D eigenvalue weighted by Crippen LogP contribution is 2.29. The molecule has 1 N–H and O–H groups in total. The molecular weight excluding hydrogens is 364 g/mol. The minimum Gasteiger partial charge on any atom is -0.488 e. The van der Waals surface area contributed by atoms with Crippen LogP contribution in [0.5, 0.6) is 5.75 Å². The quantitative estimate of drug-likeness (QED) is 0.637. The minimum atomic E-state index is -0.0657. The Kier molecular flexibility index (Phi) is 5.56. The number of hydrogen-bond acceptors (Lipinski definition) is 4. The highest BCUT2D eigenvalue weighted by Gasteiger charge is 2.22. The SMILES string of the molecule is Cc1noc(C)c1COc1cc2ccccc2cc1C(=O)NC1CCC(C)CC1. The van der Waals surface area contributed by atoms with Crippen LogP contribution in [0.3, 0.4) is 0 Å². The Morgan fingerprint density at radius 3 is 2.48 bits per heavy atom. The number of carbonyl (C=O) groups is 1. The number of fused-ring (bicyclic) bond motifs is 1. The van der Waals surface area contributed by atoms with E-state index in [9.17, 15) is 4.79 Å². The molecular formula is C24H28N2O3. The van der Waals surface area contributed by atoms with Gasteiger partial charge in [-0.1, -0.05) is 36.3 Å². The third-order valence-electron chi connectivity index (χ3n) is 6.00. The maximum absolute atomic E-state index is 13.1. The normalized spacial score (nSPS) is 19.3. The number of nitrogens with zero attached hydrogens (tertiary/aromatic N) is 1. The van der Waals surface area contributed by atoms with E-state index in [1.54, 1.807) is 0 Å². The molecule has 1 heterocycles. The molecule has 1 fully saturated rings. The smallest absolute Gasteiger partial charge is 0.255 e. The molecule has 5 heteroatoms. The second-order valence-electron chi connectivity index (χ2n) is 8.22. The Hall–Kier alpha value is -2.82. The van der Waals surface area contributed by atoms with Crippen molar-refractivity contribution in [2.24, 2.45) is 5.92 Å². The Morgan fingerprint density at radius 1 is 1.14 bits per heavy atom. The zero-order valence-electron chi connectivity index (χ0n) is 17.3. The van der Waals surface area contributed by atoms with Crippen LogP contribution in [-0.2, 0) is 6.61 Å². The predicted octanol–water partition coefficient (Wildman–Crippen LogP) is 5.33. The van der Waals surface area contributed by atoms with Gasteiger partial charge in [-0.15, -0.1) is 0 Å². The van der Waals surface area contributed by atoms with E-state index in [0.29, 0.717) is 17.9 Å². The fraction of sp³-hybridized carbons (Fsp3) is 0.417. The molecule has 1 saturated carbocycles. The number of nitrogens with one attached hydrogen (secondary N) is 1. The van der Waals surface area contributed by atoms with Crippen molar-refractivity contribution in [1.29, 1.82) is 0 Å². The first-order chi connectivity index (χ1) is 14.0. The van der Waals surface area contributed by atoms with E-state index in [0.717, 1.165) is 59.4 Å². The molecule has 1 amide bonds. The number of carbonyl (C=O) groups excluding carboxylic acids is 1. The van der Waals surface area contributed by atoms with Crippen molar-refractivity contribution < 1.29 is 14.1 Å². The summed E-state index contributed by atoms with van der Waals surface area (Å²) in [6.07, 6.45) is 4.40. The third-order valence-corrected chi connectivity index (χ3v) is 6.00. The fourth-order valence-corrected chi connectivity index (χ4v) is 4.04. The van der Waals surface area contributed by atoms with Gasteiger partial charge in [0, 0.05) is 6.04 Å². The van der Waals surface area contributed by atoms with Crippen molar-refractivity contribution in [2.45, 2.75) is 59.1 Å². The molecule has 1 aromatic heterocycles. The molecule has 1 aliphatic rings. The van der Waals surface area contributed by atoms with Crippen LogP contribution in [-0.4, -0.2) is 17.1 Å². The van der Waals surface area contributed by atoms with E-state index in [1.807, 2.05) is 50.2 Å². The molecule has 0 aliphatic heterocycles. The molecule has 152 valence electrons. The maximum Gasteiger partial charge on any atom is 0.255 e. The standard InChI is InChI=1S/C24H28N2O3/c1-15-8-10-20(11-9-15)25-24(27)21-12-18-6-4-5-7-19(18)13-23(21)28-14-22-16(2)26-29-17(22)3/h4-7,12-13,15,20H,8-11,14H2,1-3H3,(H,25,27). The van der Waals surface area contributed by atoms with Crippen LogP contribution in [0.2, 0.25) is 0 Å². The van der Waals surface area contributed by atoms with Gasteiger partial charge in [0.2, 0.25) is 0 Å². The summed E-state index contributed by atoms with van der Waals surface area (Å²) in [4.78, 5) is 13.1. The number of aromatic nitrogens is 1. The Balaban J connectivity index is 1.60. The number of hydrogen-bond donors (Lipinski definition) is 1. The summed E-state index contributed by atoms with van der Waals surface area (Å²) >= 11 is 0. The topological polar surface area (TPSA) is 64.4 Å². The van der Waals surface area contributed by atoms with E-state index in [-0.39, 0.29) is 11.9 Å². The molecule has 29 heavy (non-hydrogen) atoms. The van der Waals surface area contributed by atoms with Gasteiger partial charge in [0.1, 0.15) is 18.1 Å². The average molecular weight is 392 g/mol. The Labute approximate surface area is 171 Å². The molecule has 4 rings (SSSR count). The van der Waals surface area contributed by atoms with Gasteiger partial charge in [0.15, 0.2) is 0 Å². The summed E-state index contributed by atoms with van der Waals surface area (Å²) in [7, 11) is 0. The molecule has 0 spiro atoms. The van der Waals surface area contributed by atoms with Crippen LogP contribution < -0.4 is 10.1 Å². The van der Waals surface area contributed by atoms with Crippen molar-refractivity contribution in [3.8, 4) is 5.75 Å². The first-order valence-corrected chi connectivity index (χ1v) is 10.4. The number of ether oxygens (including phenoxy) is 1. The third kappa shape index (κ3) is 4.29. The summed E-state index contributed by atoms with van der Waals surface area (Å²) in [5.74, 6) is 2.01. The second kappa shape index (κ2) is 8.27. The number of amides is 1. The minimum absolute atomic E-state index is 0.0657. The lowest BCUT2D eigenvalue weighted by Gasteiger charge is -2.27. The maximum atomic E-state index is 13.1. The number of benzene rings is 2. The molecule has 0 unspecified atom stereocenters. The van der Waals surface area contributed by atoms with Crippen LogP contribution in [0.4, 0.5) is 0 Å². The summed E-state index contributed by atoms with van der Waals surface area (Å²) in [5, 5.41) is 9.29. The molecule has 5 nitrogen and oxygen atoms in total. The lowest BCUT2D eigenvalue weighted by Crippen LogP contribution is -2.37. The van der Waals surface area contributed by atoms with Crippen molar-refractivity contribution in [3.05, 3.63) is 59.0 Å². The number of aryl methyl sites for hydroxylation is 2. The van der Waals surface area contributed by atoms with E-state index in [4.69, 9.17) is 9.26 Å². The second-order valence-corrected chi connectivity index (χ2v) is 8.22. The lowest BCUT2D eigenvalue weighted by atomic mass is 9.87. The first-order valence-electron chi connectivity index (χ1n) is 10.4. The summed E-state index contributed by atoms with van der Waals surface area (Å²) in [5.41, 5.74) is 2.31. The molecule has 0 bridgehead atoms. The van der Waals surface area contributed by atoms with Gasteiger partial charge in [-0.3, -0.25) is 4.79 Å². The van der Waals surface area contributed by atoms with Gasteiger partial charge in [0.05, 0.1) is 16.8 Å². The van der Waals surface area contributed by atoms with Gasteiger partial charge in [-0.05, 0) is 68.4 Å². The van der Waals surface area contributed by atoms with Crippen molar-refractivity contribution >= 4 is 16.7 Å². The molecule has 0 radical (unpaired) electrons. The van der Waals surface area contributed by atoms with Gasteiger partial charge in [-0.2, -0.15) is 0 Å².